The van der Waals surface area contributed by atoms with Crippen LogP contribution < -0.4 is 16.0 Å². The van der Waals surface area contributed by atoms with E-state index in [-0.39, 0.29) is 22.4 Å². The zero-order valence-electron chi connectivity index (χ0n) is 22.2. The van der Waals surface area contributed by atoms with Gasteiger partial charge in [-0.05, 0) is 17.9 Å². The lowest BCUT2D eigenvalue weighted by Crippen LogP contribution is -2.78. The SMILES string of the molecule is CC(C)C[C@H](NC(=O)[C@H](Cc1ccccc1)NC(=O)c1cnccn1)[B-]12OC(=O)[C@H]3CNC[C@H](C(=O)O1)[N+]32C. The number of piperazine rings is 1. The Morgan fingerprint density at radius 3 is 2.33 bits per heavy atom. The van der Waals surface area contributed by atoms with E-state index >= 15 is 0 Å². The van der Waals surface area contributed by atoms with E-state index in [1.807, 2.05) is 51.2 Å². The predicted molar refractivity (Wildman–Crippen MR) is 139 cm³/mol. The second-order valence-corrected chi connectivity index (χ2v) is 11.1. The molecule has 0 unspecified atom stereocenters. The monoisotopic (exact) mass is 536 g/mol. The van der Waals surface area contributed by atoms with E-state index in [1.54, 1.807) is 0 Å². The van der Waals surface area contributed by atoms with Crippen LogP contribution in [-0.4, -0.2) is 89.0 Å². The van der Waals surface area contributed by atoms with Crippen LogP contribution in [0, 0.1) is 5.92 Å². The molecule has 0 bridgehead atoms. The van der Waals surface area contributed by atoms with Crippen LogP contribution in [0.3, 0.4) is 0 Å². The first kappa shape index (κ1) is 26.8. The molecule has 0 radical (unpaired) electrons. The quantitative estimate of drug-likeness (QED) is 0.368. The van der Waals surface area contributed by atoms with Crippen molar-refractivity contribution in [2.75, 3.05) is 20.1 Å². The highest BCUT2D eigenvalue weighted by Crippen LogP contribution is 2.45. The van der Waals surface area contributed by atoms with Gasteiger partial charge in [0.1, 0.15) is 11.7 Å². The van der Waals surface area contributed by atoms with Crippen LogP contribution in [0.4, 0.5) is 0 Å². The van der Waals surface area contributed by atoms with Crippen molar-refractivity contribution < 1.29 is 32.9 Å². The first-order valence-electron chi connectivity index (χ1n) is 13.2. The van der Waals surface area contributed by atoms with E-state index in [0.717, 1.165) is 5.56 Å². The van der Waals surface area contributed by atoms with E-state index in [9.17, 15) is 19.2 Å². The number of benzene rings is 1. The summed E-state index contributed by atoms with van der Waals surface area (Å²) in [4.78, 5) is 60.9. The highest BCUT2D eigenvalue weighted by Gasteiger charge is 2.77. The first-order chi connectivity index (χ1) is 18.7. The summed E-state index contributed by atoms with van der Waals surface area (Å²) in [5.41, 5.74) is 0.908. The third-order valence-corrected chi connectivity index (χ3v) is 8.17. The maximum absolute atomic E-state index is 13.9. The highest BCUT2D eigenvalue weighted by molar-refractivity contribution is 6.68. The number of rotatable bonds is 9. The molecule has 3 saturated heterocycles. The van der Waals surface area contributed by atoms with Crippen molar-refractivity contribution >= 4 is 30.4 Å². The molecule has 3 aliphatic rings. The number of quaternary nitrogens is 1. The Kier molecular flexibility index (Phi) is 7.12. The van der Waals surface area contributed by atoms with Crippen molar-refractivity contribution in [1.82, 2.24) is 25.9 Å². The Labute approximate surface area is 226 Å². The van der Waals surface area contributed by atoms with Crippen molar-refractivity contribution in [3.8, 4) is 0 Å². The van der Waals surface area contributed by atoms with E-state index in [1.165, 1.54) is 18.6 Å². The third-order valence-electron chi connectivity index (χ3n) is 8.17. The molecule has 3 aliphatic heterocycles. The molecule has 0 spiro atoms. The van der Waals surface area contributed by atoms with Gasteiger partial charge in [-0.15, -0.1) is 0 Å². The minimum Gasteiger partial charge on any atom is -0.599 e. The number of hydrogen-bond acceptors (Lipinski definition) is 9. The number of carbonyl (C=O) groups excluding carboxylic acids is 4. The lowest BCUT2D eigenvalue weighted by molar-refractivity contribution is -0.846. The highest BCUT2D eigenvalue weighted by atomic mass is 16.7. The molecule has 5 rings (SSSR count). The number of aromatic nitrogens is 2. The summed E-state index contributed by atoms with van der Waals surface area (Å²) in [5.74, 6) is -2.68. The van der Waals surface area contributed by atoms with Gasteiger partial charge in [0.15, 0.2) is 12.1 Å². The fraction of sp³-hybridized carbons (Fsp3) is 0.462. The zero-order chi connectivity index (χ0) is 27.8. The number of carbonyl (C=O) groups is 4. The molecule has 1 aromatic carbocycles. The molecule has 0 aliphatic carbocycles. The summed E-state index contributed by atoms with van der Waals surface area (Å²) in [6.07, 6.45) is 4.77. The number of likely N-dealkylation sites (N-methyl/N-ethyl adjacent to an activating group) is 1. The maximum atomic E-state index is 13.9. The zero-order valence-corrected chi connectivity index (χ0v) is 22.2. The summed E-state index contributed by atoms with van der Waals surface area (Å²) < 4.78 is 11.9. The minimum absolute atomic E-state index is 0.0301. The molecule has 12 nitrogen and oxygen atoms in total. The van der Waals surface area contributed by atoms with Gasteiger partial charge in [-0.25, -0.2) is 14.6 Å². The average Bonchev–Trinajstić information content (AvgIpc) is 3.28. The fourth-order valence-corrected chi connectivity index (χ4v) is 6.22. The minimum atomic E-state index is -2.61. The Balaban J connectivity index is 1.46. The molecule has 206 valence electrons. The van der Waals surface area contributed by atoms with Crippen LogP contribution in [0.1, 0.15) is 36.3 Å². The van der Waals surface area contributed by atoms with Gasteiger partial charge >= 0.3 is 18.6 Å². The van der Waals surface area contributed by atoms with Gasteiger partial charge in [0.2, 0.25) is 5.91 Å². The number of nitrogens with one attached hydrogen (secondary N) is 3. The van der Waals surface area contributed by atoms with Gasteiger partial charge < -0.3 is 29.7 Å². The summed E-state index contributed by atoms with van der Waals surface area (Å²) in [6, 6.07) is 7.05. The molecule has 4 atom stereocenters. The number of nitrogens with zero attached hydrogens (tertiary/aromatic N) is 3. The predicted octanol–water partition coefficient (Wildman–Crippen LogP) is -0.273. The summed E-state index contributed by atoms with van der Waals surface area (Å²) in [7, 11) is 1.81. The lowest BCUT2D eigenvalue weighted by Gasteiger charge is -2.51. The molecule has 0 saturated carbocycles. The van der Waals surface area contributed by atoms with Gasteiger partial charge in [0.05, 0.1) is 25.2 Å². The molecule has 2 amide bonds. The van der Waals surface area contributed by atoms with E-state index < -0.39 is 54.5 Å². The van der Waals surface area contributed by atoms with Crippen LogP contribution in [-0.2, 0) is 30.1 Å². The Morgan fingerprint density at radius 2 is 1.74 bits per heavy atom. The van der Waals surface area contributed by atoms with Crippen molar-refractivity contribution in [1.29, 1.82) is 0 Å². The molecular weight excluding hydrogens is 503 g/mol. The molecule has 3 fully saturated rings. The van der Waals surface area contributed by atoms with Crippen molar-refractivity contribution in [2.45, 2.75) is 50.8 Å². The smallest absolute Gasteiger partial charge is 0.599 e. The average molecular weight is 536 g/mol. The van der Waals surface area contributed by atoms with E-state index in [2.05, 4.69) is 25.9 Å². The molecule has 1 aromatic heterocycles. The number of amides is 2. The fourth-order valence-electron chi connectivity index (χ4n) is 6.22. The van der Waals surface area contributed by atoms with Crippen LogP contribution in [0.25, 0.3) is 0 Å². The Morgan fingerprint density at radius 1 is 1.08 bits per heavy atom. The van der Waals surface area contributed by atoms with Crippen LogP contribution in [0.5, 0.6) is 0 Å². The van der Waals surface area contributed by atoms with Gasteiger partial charge in [-0.2, -0.15) is 0 Å². The first-order valence-corrected chi connectivity index (χ1v) is 13.2. The van der Waals surface area contributed by atoms with Crippen LogP contribution in [0.15, 0.2) is 48.9 Å². The molecule has 13 heteroatoms. The van der Waals surface area contributed by atoms with Crippen LogP contribution in [0.2, 0.25) is 0 Å². The van der Waals surface area contributed by atoms with Crippen LogP contribution >= 0.6 is 0 Å². The van der Waals surface area contributed by atoms with E-state index in [0.29, 0.717) is 19.5 Å². The standard InChI is InChI=1S/C26H33BN6O6/c1-16(2)11-22(27-33(3)20(25(36)38-27)14-29-15-21(33)26(37)39-27)32-23(34)18(12-17-7-5-4-6-8-17)31-24(35)19-13-28-9-10-30-19/h4-10,13,16,18,20-22,29H,11-12,14-15H2,1-3H3,(H,31,35)(H,32,34)/t18-,20+,21+,22-,27?,33?/m0/s1. The number of hydrogen-bond donors (Lipinski definition) is 3. The van der Waals surface area contributed by atoms with E-state index in [4.69, 9.17) is 9.31 Å². The Hall–Kier alpha value is -3.84. The second kappa shape index (κ2) is 10.4. The van der Waals surface area contributed by atoms with Gasteiger partial charge in [-0.3, -0.25) is 14.6 Å². The molecule has 2 aromatic rings. The molecule has 3 N–H and O–H groups in total. The normalized spacial score (nSPS) is 28.7. The lowest BCUT2D eigenvalue weighted by atomic mass is 9.56. The maximum Gasteiger partial charge on any atom is 0.606 e. The Bertz CT molecular complexity index is 1240. The second-order valence-electron chi connectivity index (χ2n) is 11.1. The molecular formula is C26H33BN6O6. The third kappa shape index (κ3) is 4.65. The summed E-state index contributed by atoms with van der Waals surface area (Å²) in [6.45, 7) is 2.03. The van der Waals surface area contributed by atoms with Gasteiger partial charge in [0.25, 0.3) is 5.91 Å². The van der Waals surface area contributed by atoms with Crippen molar-refractivity contribution in [3.05, 3.63) is 60.2 Å². The summed E-state index contributed by atoms with van der Waals surface area (Å²) in [5, 5.41) is 8.95. The van der Waals surface area contributed by atoms with Gasteiger partial charge in [0, 0.05) is 25.9 Å². The largest absolute Gasteiger partial charge is 0.606 e. The molecule has 4 heterocycles. The van der Waals surface area contributed by atoms with Gasteiger partial charge in [-0.1, -0.05) is 44.2 Å². The topological polar surface area (TPSA) is 149 Å². The summed E-state index contributed by atoms with van der Waals surface area (Å²) >= 11 is 0. The molecule has 39 heavy (non-hydrogen) atoms. The van der Waals surface area contributed by atoms with Crippen molar-refractivity contribution in [2.24, 2.45) is 5.92 Å². The van der Waals surface area contributed by atoms with Crippen molar-refractivity contribution in [3.63, 3.8) is 0 Å².